The molecular weight excluding hydrogens is 585 g/mol. The summed E-state index contributed by atoms with van der Waals surface area (Å²) >= 11 is 0. The van der Waals surface area contributed by atoms with Crippen LogP contribution in [0.3, 0.4) is 0 Å². The first kappa shape index (κ1) is 27.4. The minimum Gasteiger partial charge on any atom is -0.458 e. The fourth-order valence-corrected chi connectivity index (χ4v) is 8.45. The van der Waals surface area contributed by atoms with Crippen LogP contribution >= 0.6 is 0 Å². The van der Waals surface area contributed by atoms with Crippen molar-refractivity contribution < 1.29 is 9.47 Å². The van der Waals surface area contributed by atoms with Crippen molar-refractivity contribution in [2.45, 2.75) is 26.2 Å². The molecule has 0 aromatic heterocycles. The summed E-state index contributed by atoms with van der Waals surface area (Å²) in [5.74, 6) is 3.63. The highest BCUT2D eigenvalue weighted by Gasteiger charge is 2.44. The van der Waals surface area contributed by atoms with Gasteiger partial charge in [0.15, 0.2) is 0 Å². The van der Waals surface area contributed by atoms with E-state index in [0.29, 0.717) is 0 Å². The SMILES string of the molecule is Cc1cc2c3c(c1)Oc1cc4c(cc1B3c1ccccc1O2)C(C)(C)c1c-4ccc2cc(N(c3ccccc3)c3ccccc3)ccc12. The monoisotopic (exact) mass is 617 g/mol. The molecule has 3 aliphatic rings. The van der Waals surface area contributed by atoms with E-state index in [1.165, 1.54) is 44.0 Å². The third-order valence-electron chi connectivity index (χ3n) is 10.5. The lowest BCUT2D eigenvalue weighted by atomic mass is 9.34. The molecule has 2 aliphatic heterocycles. The van der Waals surface area contributed by atoms with Crippen LogP contribution < -0.4 is 30.8 Å². The Kier molecular flexibility index (Phi) is 5.64. The van der Waals surface area contributed by atoms with Crippen molar-refractivity contribution in [2.24, 2.45) is 0 Å². The molecule has 0 atom stereocenters. The van der Waals surface area contributed by atoms with E-state index in [0.717, 1.165) is 51.1 Å². The summed E-state index contributed by atoms with van der Waals surface area (Å²) < 4.78 is 13.2. The number of anilines is 3. The van der Waals surface area contributed by atoms with Crippen molar-refractivity contribution in [2.75, 3.05) is 4.90 Å². The standard InChI is InChI=1S/C44H32BNO2/c1-27-22-40-43-41(23-27)48-39-25-34-33-20-18-28-24-31(46(29-12-6-4-7-13-29)30-14-8-5-9-15-30)19-21-32(28)42(33)44(2,3)35(34)26-37(39)45(43)36-16-10-11-17-38(36)47-40/h4-26H,1-3H3. The number of ether oxygens (including phenoxy) is 2. The molecule has 0 saturated heterocycles. The molecule has 10 rings (SSSR count). The molecule has 0 N–H and O–H groups in total. The maximum Gasteiger partial charge on any atom is 0.260 e. The van der Waals surface area contributed by atoms with E-state index in [9.17, 15) is 0 Å². The van der Waals surface area contributed by atoms with E-state index in [-0.39, 0.29) is 12.1 Å². The van der Waals surface area contributed by atoms with Gasteiger partial charge in [-0.1, -0.05) is 92.7 Å². The quantitative estimate of drug-likeness (QED) is 0.184. The number of nitrogens with zero attached hydrogens (tertiary/aromatic N) is 1. The highest BCUT2D eigenvalue weighted by molar-refractivity contribution is 6.98. The molecule has 7 aromatic rings. The summed E-state index contributed by atoms with van der Waals surface area (Å²) in [6, 6.07) is 50.2. The van der Waals surface area contributed by atoms with Gasteiger partial charge in [-0.2, -0.15) is 0 Å². The number of aryl methyl sites for hydroxylation is 1. The molecule has 4 heteroatoms. The molecule has 2 heterocycles. The van der Waals surface area contributed by atoms with Gasteiger partial charge in [-0.25, -0.2) is 0 Å². The van der Waals surface area contributed by atoms with Crippen LogP contribution in [0.1, 0.15) is 30.5 Å². The predicted octanol–water partition coefficient (Wildman–Crippen LogP) is 9.65. The minimum absolute atomic E-state index is 0.0513. The fourth-order valence-electron chi connectivity index (χ4n) is 8.45. The number of rotatable bonds is 3. The molecule has 0 unspecified atom stereocenters. The van der Waals surface area contributed by atoms with Gasteiger partial charge < -0.3 is 14.4 Å². The van der Waals surface area contributed by atoms with Crippen LogP contribution in [0.4, 0.5) is 17.1 Å². The van der Waals surface area contributed by atoms with Gasteiger partial charge in [0.2, 0.25) is 0 Å². The van der Waals surface area contributed by atoms with Gasteiger partial charge in [0.05, 0.1) is 0 Å². The van der Waals surface area contributed by atoms with E-state index in [1.54, 1.807) is 0 Å². The smallest absolute Gasteiger partial charge is 0.260 e. The maximum absolute atomic E-state index is 6.76. The van der Waals surface area contributed by atoms with Crippen LogP contribution in [0.5, 0.6) is 23.0 Å². The summed E-state index contributed by atoms with van der Waals surface area (Å²) in [7, 11) is 0. The van der Waals surface area contributed by atoms with Gasteiger partial charge in [0.1, 0.15) is 23.0 Å². The van der Waals surface area contributed by atoms with Crippen molar-refractivity contribution in [3.63, 3.8) is 0 Å². The van der Waals surface area contributed by atoms with E-state index in [1.807, 2.05) is 0 Å². The van der Waals surface area contributed by atoms with Crippen LogP contribution in [-0.4, -0.2) is 6.71 Å². The lowest BCUT2D eigenvalue weighted by Gasteiger charge is -2.34. The summed E-state index contributed by atoms with van der Waals surface area (Å²) in [6.45, 7) is 6.91. The molecule has 0 spiro atoms. The van der Waals surface area contributed by atoms with Crippen LogP contribution in [0, 0.1) is 6.92 Å². The fraction of sp³-hybridized carbons (Fsp3) is 0.0909. The van der Waals surface area contributed by atoms with Gasteiger partial charge in [-0.05, 0) is 117 Å². The van der Waals surface area contributed by atoms with Crippen LogP contribution in [0.25, 0.3) is 21.9 Å². The molecule has 0 bridgehead atoms. The van der Waals surface area contributed by atoms with Gasteiger partial charge in [-0.3, -0.25) is 0 Å². The molecule has 3 nitrogen and oxygen atoms in total. The average Bonchev–Trinajstić information content (AvgIpc) is 3.33. The second-order valence-electron chi connectivity index (χ2n) is 13.8. The second-order valence-corrected chi connectivity index (χ2v) is 13.8. The highest BCUT2D eigenvalue weighted by Crippen LogP contribution is 2.53. The van der Waals surface area contributed by atoms with Crippen molar-refractivity contribution in [1.82, 2.24) is 0 Å². The zero-order chi connectivity index (χ0) is 32.1. The van der Waals surface area contributed by atoms with Gasteiger partial charge in [0.25, 0.3) is 6.71 Å². The third kappa shape index (κ3) is 3.83. The van der Waals surface area contributed by atoms with Gasteiger partial charge in [0, 0.05) is 27.9 Å². The van der Waals surface area contributed by atoms with E-state index < -0.39 is 0 Å². The Bertz CT molecular complexity index is 2410. The van der Waals surface area contributed by atoms with Crippen molar-refractivity contribution in [3.8, 4) is 34.1 Å². The molecule has 0 radical (unpaired) electrons. The number of hydrogen-bond donors (Lipinski definition) is 0. The Morgan fingerprint density at radius 3 is 1.94 bits per heavy atom. The molecule has 48 heavy (non-hydrogen) atoms. The van der Waals surface area contributed by atoms with Crippen LogP contribution in [-0.2, 0) is 5.41 Å². The van der Waals surface area contributed by atoms with Crippen molar-refractivity contribution in [3.05, 3.63) is 156 Å². The lowest BCUT2D eigenvalue weighted by Crippen LogP contribution is -2.57. The molecule has 7 aromatic carbocycles. The Hall–Kier alpha value is -5.74. The Morgan fingerprint density at radius 1 is 0.542 bits per heavy atom. The largest absolute Gasteiger partial charge is 0.458 e. The minimum atomic E-state index is -0.208. The van der Waals surface area contributed by atoms with E-state index in [2.05, 4.69) is 165 Å². The summed E-state index contributed by atoms with van der Waals surface area (Å²) in [5.41, 5.74) is 13.1. The summed E-state index contributed by atoms with van der Waals surface area (Å²) in [6.07, 6.45) is 0. The first-order valence-corrected chi connectivity index (χ1v) is 16.7. The lowest BCUT2D eigenvalue weighted by molar-refractivity contribution is 0.463. The van der Waals surface area contributed by atoms with Crippen molar-refractivity contribution in [1.29, 1.82) is 0 Å². The molecule has 0 saturated carbocycles. The third-order valence-corrected chi connectivity index (χ3v) is 10.5. The summed E-state index contributed by atoms with van der Waals surface area (Å²) in [4.78, 5) is 2.33. The van der Waals surface area contributed by atoms with E-state index in [4.69, 9.17) is 9.47 Å². The molecule has 1 aliphatic carbocycles. The zero-order valence-corrected chi connectivity index (χ0v) is 27.1. The highest BCUT2D eigenvalue weighted by atomic mass is 16.5. The zero-order valence-electron chi connectivity index (χ0n) is 27.1. The Balaban J connectivity index is 1.14. The Morgan fingerprint density at radius 2 is 1.21 bits per heavy atom. The first-order chi connectivity index (χ1) is 23.5. The van der Waals surface area contributed by atoms with Crippen LogP contribution in [0.15, 0.2) is 140 Å². The number of fused-ring (bicyclic) bond motifs is 9. The van der Waals surface area contributed by atoms with Crippen LogP contribution in [0.2, 0.25) is 0 Å². The Labute approximate surface area is 281 Å². The molecule has 228 valence electrons. The molecule has 0 fully saturated rings. The number of para-hydroxylation sites is 3. The number of hydrogen-bond acceptors (Lipinski definition) is 3. The van der Waals surface area contributed by atoms with Gasteiger partial charge in [-0.15, -0.1) is 0 Å². The first-order valence-electron chi connectivity index (χ1n) is 16.7. The molecular formula is C44H32BNO2. The van der Waals surface area contributed by atoms with Crippen molar-refractivity contribution >= 4 is 50.9 Å². The maximum atomic E-state index is 6.76. The van der Waals surface area contributed by atoms with E-state index >= 15 is 0 Å². The second kappa shape index (κ2) is 9.89. The predicted molar refractivity (Wildman–Crippen MR) is 199 cm³/mol. The topological polar surface area (TPSA) is 21.7 Å². The average molecular weight is 618 g/mol. The molecule has 0 amide bonds. The number of benzene rings is 7. The summed E-state index contributed by atoms with van der Waals surface area (Å²) in [5, 5.41) is 2.52. The van der Waals surface area contributed by atoms with Gasteiger partial charge >= 0.3 is 0 Å². The normalized spacial score (nSPS) is 14.2.